The van der Waals surface area contributed by atoms with Gasteiger partial charge < -0.3 is 11.1 Å². The summed E-state index contributed by atoms with van der Waals surface area (Å²) in [5.74, 6) is -0.382. The van der Waals surface area contributed by atoms with Crippen LogP contribution in [-0.4, -0.2) is 24.8 Å². The van der Waals surface area contributed by atoms with Crippen molar-refractivity contribution in [2.75, 3.05) is 13.1 Å². The van der Waals surface area contributed by atoms with Gasteiger partial charge in [0.25, 0.3) is 0 Å². The zero-order chi connectivity index (χ0) is 7.98. The van der Waals surface area contributed by atoms with Crippen molar-refractivity contribution in [3.8, 4) is 0 Å². The molecule has 0 atom stereocenters. The van der Waals surface area contributed by atoms with Crippen molar-refractivity contribution in [3.63, 3.8) is 0 Å². The van der Waals surface area contributed by atoms with Crippen LogP contribution in [0.2, 0.25) is 0 Å². The van der Waals surface area contributed by atoms with Crippen LogP contribution in [0.15, 0.2) is 0 Å². The number of carbonyl (C=O) groups is 2. The van der Waals surface area contributed by atoms with Crippen molar-refractivity contribution in [2.24, 2.45) is 5.73 Å². The van der Waals surface area contributed by atoms with E-state index >= 15 is 0 Å². The maximum absolute atomic E-state index is 10.6. The van der Waals surface area contributed by atoms with Crippen LogP contribution >= 0.6 is 17.0 Å². The molecule has 0 unspecified atom stereocenters. The number of Topliss-reactive ketones (excluding diaryl/α,β-unsaturated/α-hetero) is 1. The van der Waals surface area contributed by atoms with Crippen LogP contribution in [0.25, 0.3) is 0 Å². The first-order valence-electron chi connectivity index (χ1n) is 3.13. The summed E-state index contributed by atoms with van der Waals surface area (Å²) in [6.45, 7) is 2.22. The Morgan fingerprint density at radius 1 is 1.45 bits per heavy atom. The lowest BCUT2D eigenvalue weighted by Crippen LogP contribution is -2.29. The van der Waals surface area contributed by atoms with Crippen LogP contribution in [0.3, 0.4) is 0 Å². The fourth-order valence-electron chi connectivity index (χ4n) is 0.500. The van der Waals surface area contributed by atoms with Crippen molar-refractivity contribution in [2.45, 2.75) is 13.3 Å². The molecule has 3 N–H and O–H groups in total. The fourth-order valence-corrected chi connectivity index (χ4v) is 0.500. The Morgan fingerprint density at radius 2 is 2.00 bits per heavy atom. The van der Waals surface area contributed by atoms with Crippen molar-refractivity contribution < 1.29 is 9.59 Å². The third kappa shape index (κ3) is 9.58. The third-order valence-electron chi connectivity index (χ3n) is 0.876. The molecular formula is C6H13BrN2O2. The summed E-state index contributed by atoms with van der Waals surface area (Å²) in [5.41, 5.74) is 5.11. The lowest BCUT2D eigenvalue weighted by atomic mass is 10.3. The highest BCUT2D eigenvalue weighted by atomic mass is 79.9. The van der Waals surface area contributed by atoms with Crippen LogP contribution in [0.1, 0.15) is 13.3 Å². The SMILES string of the molecule is Br.CC(=O)CC(=O)NCCN. The van der Waals surface area contributed by atoms with Gasteiger partial charge in [-0.1, -0.05) is 0 Å². The van der Waals surface area contributed by atoms with Gasteiger partial charge in [-0.25, -0.2) is 0 Å². The van der Waals surface area contributed by atoms with Gasteiger partial charge in [0.1, 0.15) is 5.78 Å². The third-order valence-corrected chi connectivity index (χ3v) is 0.876. The molecule has 5 heteroatoms. The van der Waals surface area contributed by atoms with E-state index in [1.165, 1.54) is 6.92 Å². The quantitative estimate of drug-likeness (QED) is 0.640. The molecule has 4 nitrogen and oxygen atoms in total. The van der Waals surface area contributed by atoms with Gasteiger partial charge in [0.2, 0.25) is 5.91 Å². The average molecular weight is 225 g/mol. The van der Waals surface area contributed by atoms with Crippen LogP contribution < -0.4 is 11.1 Å². The molecule has 0 aromatic carbocycles. The number of halogens is 1. The molecule has 66 valence electrons. The van der Waals surface area contributed by atoms with Crippen LogP contribution in [0.5, 0.6) is 0 Å². The lowest BCUT2D eigenvalue weighted by molar-refractivity contribution is -0.127. The zero-order valence-corrected chi connectivity index (χ0v) is 8.14. The average Bonchev–Trinajstić information content (AvgIpc) is 1.82. The van der Waals surface area contributed by atoms with E-state index in [1.54, 1.807) is 0 Å². The molecule has 0 aliphatic carbocycles. The van der Waals surface area contributed by atoms with Crippen molar-refractivity contribution in [1.29, 1.82) is 0 Å². The number of amides is 1. The minimum absolute atomic E-state index is 0. The van der Waals surface area contributed by atoms with E-state index in [4.69, 9.17) is 5.73 Å². The van der Waals surface area contributed by atoms with E-state index < -0.39 is 0 Å². The highest BCUT2D eigenvalue weighted by molar-refractivity contribution is 8.93. The minimum Gasteiger partial charge on any atom is -0.354 e. The summed E-state index contributed by atoms with van der Waals surface area (Å²) in [6.07, 6.45) is -0.0417. The van der Waals surface area contributed by atoms with E-state index in [1.807, 2.05) is 0 Å². The fraction of sp³-hybridized carbons (Fsp3) is 0.667. The second-order valence-electron chi connectivity index (χ2n) is 2.02. The predicted octanol–water partition coefficient (Wildman–Crippen LogP) is -0.382. The number of rotatable bonds is 4. The van der Waals surface area contributed by atoms with E-state index in [2.05, 4.69) is 5.32 Å². The monoisotopic (exact) mass is 224 g/mol. The molecule has 0 aliphatic rings. The van der Waals surface area contributed by atoms with E-state index in [0.717, 1.165) is 0 Å². The van der Waals surface area contributed by atoms with Gasteiger partial charge in [-0.15, -0.1) is 17.0 Å². The molecule has 0 saturated carbocycles. The van der Waals surface area contributed by atoms with E-state index in [-0.39, 0.29) is 35.1 Å². The first kappa shape index (κ1) is 13.2. The minimum atomic E-state index is -0.252. The van der Waals surface area contributed by atoms with Crippen molar-refractivity contribution >= 4 is 28.7 Å². The van der Waals surface area contributed by atoms with Gasteiger partial charge in [-0.05, 0) is 6.92 Å². The molecule has 0 aliphatic heterocycles. The predicted molar refractivity (Wildman–Crippen MR) is 47.7 cm³/mol. The standard InChI is InChI=1S/C6H12N2O2.BrH/c1-5(9)4-6(10)8-3-2-7;/h2-4,7H2,1H3,(H,8,10);1H. The Hall–Kier alpha value is -0.420. The molecule has 1 amide bonds. The van der Waals surface area contributed by atoms with Crippen molar-refractivity contribution in [1.82, 2.24) is 5.32 Å². The van der Waals surface area contributed by atoms with E-state index in [0.29, 0.717) is 13.1 Å². The number of hydrogen-bond donors (Lipinski definition) is 2. The van der Waals surface area contributed by atoms with Gasteiger partial charge in [0.05, 0.1) is 6.42 Å². The highest BCUT2D eigenvalue weighted by Crippen LogP contribution is 1.79. The van der Waals surface area contributed by atoms with Gasteiger partial charge in [-0.2, -0.15) is 0 Å². The van der Waals surface area contributed by atoms with Crippen LogP contribution in [0.4, 0.5) is 0 Å². The van der Waals surface area contributed by atoms with Crippen LogP contribution in [-0.2, 0) is 9.59 Å². The molecule has 0 rings (SSSR count). The Kier molecular flexibility index (Phi) is 9.21. The first-order chi connectivity index (χ1) is 4.66. The summed E-state index contributed by atoms with van der Waals surface area (Å²) in [7, 11) is 0. The van der Waals surface area contributed by atoms with Crippen molar-refractivity contribution in [3.05, 3.63) is 0 Å². The molecule has 0 heterocycles. The number of nitrogens with one attached hydrogen (secondary N) is 1. The van der Waals surface area contributed by atoms with Gasteiger partial charge in [-0.3, -0.25) is 9.59 Å². The molecule has 0 aromatic heterocycles. The molecule has 0 saturated heterocycles. The van der Waals surface area contributed by atoms with Gasteiger partial charge in [0.15, 0.2) is 0 Å². The number of ketones is 1. The Balaban J connectivity index is 0. The molecule has 0 radical (unpaired) electrons. The summed E-state index contributed by atoms with van der Waals surface area (Å²) in [5, 5.41) is 2.48. The summed E-state index contributed by atoms with van der Waals surface area (Å²) < 4.78 is 0. The number of carbonyl (C=O) groups excluding carboxylic acids is 2. The summed E-state index contributed by atoms with van der Waals surface area (Å²) >= 11 is 0. The zero-order valence-electron chi connectivity index (χ0n) is 6.42. The second-order valence-corrected chi connectivity index (χ2v) is 2.02. The number of hydrogen-bond acceptors (Lipinski definition) is 3. The molecular weight excluding hydrogens is 212 g/mol. The molecule has 11 heavy (non-hydrogen) atoms. The Morgan fingerprint density at radius 3 is 2.36 bits per heavy atom. The topological polar surface area (TPSA) is 72.2 Å². The van der Waals surface area contributed by atoms with Crippen LogP contribution in [0, 0.1) is 0 Å². The molecule has 0 aromatic rings. The maximum Gasteiger partial charge on any atom is 0.227 e. The molecule has 0 spiro atoms. The maximum atomic E-state index is 10.6. The Bertz CT molecular complexity index is 139. The molecule has 0 bridgehead atoms. The smallest absolute Gasteiger partial charge is 0.227 e. The Labute approximate surface area is 76.3 Å². The first-order valence-corrected chi connectivity index (χ1v) is 3.13. The van der Waals surface area contributed by atoms with Gasteiger partial charge in [0, 0.05) is 13.1 Å². The highest BCUT2D eigenvalue weighted by Gasteiger charge is 2.01. The summed E-state index contributed by atoms with van der Waals surface area (Å²) in [6, 6.07) is 0. The molecule has 0 fully saturated rings. The second kappa shape index (κ2) is 7.68. The number of nitrogens with two attached hydrogens (primary N) is 1. The summed E-state index contributed by atoms with van der Waals surface area (Å²) in [4.78, 5) is 21.0. The van der Waals surface area contributed by atoms with E-state index in [9.17, 15) is 9.59 Å². The van der Waals surface area contributed by atoms with Gasteiger partial charge >= 0.3 is 0 Å². The lowest BCUT2D eigenvalue weighted by Gasteiger charge is -1.99. The largest absolute Gasteiger partial charge is 0.354 e. The normalized spacial score (nSPS) is 8.18.